The molecule has 0 atom stereocenters. The average molecular weight is 344 g/mol. The van der Waals surface area contributed by atoms with Gasteiger partial charge in [0.2, 0.25) is 0 Å². The first-order valence-corrected chi connectivity index (χ1v) is 8.66. The summed E-state index contributed by atoms with van der Waals surface area (Å²) >= 11 is 0. The summed E-state index contributed by atoms with van der Waals surface area (Å²) < 4.78 is 19.3. The van der Waals surface area contributed by atoms with Gasteiger partial charge >= 0.3 is 0 Å². The van der Waals surface area contributed by atoms with Crippen molar-refractivity contribution in [3.8, 4) is 0 Å². The molecule has 2 aromatic rings. The lowest BCUT2D eigenvalue weighted by Gasteiger charge is -2.36. The molecule has 0 radical (unpaired) electrons. The summed E-state index contributed by atoms with van der Waals surface area (Å²) in [4.78, 5) is 20.8. The predicted molar refractivity (Wildman–Crippen MR) is 91.2 cm³/mol. The molecule has 0 unspecified atom stereocenters. The van der Waals surface area contributed by atoms with Crippen molar-refractivity contribution in [2.24, 2.45) is 0 Å². The van der Waals surface area contributed by atoms with Crippen LogP contribution in [0.4, 0.5) is 16.0 Å². The lowest BCUT2D eigenvalue weighted by molar-refractivity contribution is 0.0845. The lowest BCUT2D eigenvalue weighted by atomic mass is 9.96. The maximum absolute atomic E-state index is 13.8. The third kappa shape index (κ3) is 3.53. The molecule has 0 saturated carbocycles. The predicted octanol–water partition coefficient (Wildman–Crippen LogP) is 1.63. The topological polar surface area (TPSA) is 67.3 Å². The maximum atomic E-state index is 13.8. The van der Waals surface area contributed by atoms with E-state index in [4.69, 9.17) is 4.74 Å². The molecule has 2 aromatic heterocycles. The standard InChI is InChI=1S/C17H21FN6O/c18-14-10-19-11-22-17(14)24-5-3-23(4-6-24)16-9-15(20-12-21-16)13-1-7-25-8-2-13/h9-13H,1-8H2. The van der Waals surface area contributed by atoms with Crippen LogP contribution in [0.3, 0.4) is 0 Å². The van der Waals surface area contributed by atoms with Gasteiger partial charge in [0, 0.05) is 57.1 Å². The van der Waals surface area contributed by atoms with Gasteiger partial charge in [-0.25, -0.2) is 24.3 Å². The van der Waals surface area contributed by atoms with E-state index in [1.54, 1.807) is 6.33 Å². The van der Waals surface area contributed by atoms with E-state index in [2.05, 4.69) is 30.9 Å². The van der Waals surface area contributed by atoms with Crippen LogP contribution in [-0.4, -0.2) is 59.3 Å². The third-order valence-electron chi connectivity index (χ3n) is 4.86. The van der Waals surface area contributed by atoms with Gasteiger partial charge in [-0.15, -0.1) is 0 Å². The quantitative estimate of drug-likeness (QED) is 0.838. The number of nitrogens with zero attached hydrogens (tertiary/aromatic N) is 6. The summed E-state index contributed by atoms with van der Waals surface area (Å²) in [6.07, 6.45) is 6.26. The Morgan fingerprint density at radius 1 is 0.960 bits per heavy atom. The molecule has 0 bridgehead atoms. The Kier molecular flexibility index (Phi) is 4.69. The smallest absolute Gasteiger partial charge is 0.183 e. The molecule has 0 spiro atoms. The number of halogens is 1. The molecule has 0 aromatic carbocycles. The van der Waals surface area contributed by atoms with E-state index in [1.165, 1.54) is 12.5 Å². The van der Waals surface area contributed by atoms with Crippen LogP contribution in [-0.2, 0) is 4.74 Å². The molecule has 7 nitrogen and oxygen atoms in total. The zero-order valence-corrected chi connectivity index (χ0v) is 14.0. The van der Waals surface area contributed by atoms with Gasteiger partial charge in [-0.1, -0.05) is 0 Å². The molecule has 2 saturated heterocycles. The summed E-state index contributed by atoms with van der Waals surface area (Å²) in [7, 11) is 0. The molecule has 2 aliphatic heterocycles. The van der Waals surface area contributed by atoms with E-state index in [0.717, 1.165) is 50.7 Å². The zero-order chi connectivity index (χ0) is 17.1. The minimum absolute atomic E-state index is 0.375. The van der Waals surface area contributed by atoms with Crippen LogP contribution in [0.2, 0.25) is 0 Å². The Balaban J connectivity index is 1.43. The molecule has 4 heterocycles. The minimum Gasteiger partial charge on any atom is -0.381 e. The van der Waals surface area contributed by atoms with Gasteiger partial charge in [0.25, 0.3) is 0 Å². The SMILES string of the molecule is Fc1cncnc1N1CCN(c2cc(C3CCOCC3)ncn2)CC1. The number of piperazine rings is 1. The Morgan fingerprint density at radius 2 is 1.72 bits per heavy atom. The van der Waals surface area contributed by atoms with Crippen molar-refractivity contribution in [2.75, 3.05) is 49.2 Å². The van der Waals surface area contributed by atoms with E-state index in [0.29, 0.717) is 24.8 Å². The van der Waals surface area contributed by atoms with Gasteiger partial charge in [-0.05, 0) is 12.8 Å². The van der Waals surface area contributed by atoms with E-state index in [1.807, 2.05) is 4.90 Å². The van der Waals surface area contributed by atoms with Crippen LogP contribution in [0.25, 0.3) is 0 Å². The van der Waals surface area contributed by atoms with Gasteiger partial charge in [-0.2, -0.15) is 0 Å². The molecule has 2 fully saturated rings. The van der Waals surface area contributed by atoms with E-state index < -0.39 is 0 Å². The molecule has 25 heavy (non-hydrogen) atoms. The van der Waals surface area contributed by atoms with Crippen LogP contribution >= 0.6 is 0 Å². The molecule has 132 valence electrons. The Labute approximate surface area is 145 Å². The molecule has 0 amide bonds. The van der Waals surface area contributed by atoms with Gasteiger partial charge in [0.1, 0.15) is 18.5 Å². The Hall–Kier alpha value is -2.35. The monoisotopic (exact) mass is 344 g/mol. The number of hydrogen-bond donors (Lipinski definition) is 0. The number of anilines is 2. The van der Waals surface area contributed by atoms with Crippen LogP contribution in [0.15, 0.2) is 24.9 Å². The lowest BCUT2D eigenvalue weighted by Crippen LogP contribution is -2.47. The van der Waals surface area contributed by atoms with Gasteiger partial charge in [0.05, 0.1) is 6.20 Å². The zero-order valence-electron chi connectivity index (χ0n) is 14.0. The second kappa shape index (κ2) is 7.26. The molecule has 4 rings (SSSR count). The highest BCUT2D eigenvalue weighted by Gasteiger charge is 2.23. The Bertz CT molecular complexity index is 716. The summed E-state index contributed by atoms with van der Waals surface area (Å²) in [6.45, 7) is 4.54. The first kappa shape index (κ1) is 16.1. The van der Waals surface area contributed by atoms with Crippen molar-refractivity contribution in [1.29, 1.82) is 0 Å². The normalized spacial score (nSPS) is 19.2. The molecule has 8 heteroatoms. The first-order valence-electron chi connectivity index (χ1n) is 8.66. The highest BCUT2D eigenvalue weighted by atomic mass is 19.1. The molecular formula is C17H21FN6O. The second-order valence-electron chi connectivity index (χ2n) is 6.36. The largest absolute Gasteiger partial charge is 0.381 e. The minimum atomic E-state index is -0.375. The van der Waals surface area contributed by atoms with Crippen LogP contribution in [0, 0.1) is 5.82 Å². The highest BCUT2D eigenvalue weighted by Crippen LogP contribution is 2.27. The summed E-state index contributed by atoms with van der Waals surface area (Å²) in [6, 6.07) is 2.09. The number of aromatic nitrogens is 4. The van der Waals surface area contributed by atoms with Crippen LogP contribution in [0.5, 0.6) is 0 Å². The van der Waals surface area contributed by atoms with Gasteiger partial charge in [0.15, 0.2) is 11.6 Å². The van der Waals surface area contributed by atoms with Crippen molar-refractivity contribution < 1.29 is 9.13 Å². The summed E-state index contributed by atoms with van der Waals surface area (Å²) in [5.74, 6) is 1.39. The van der Waals surface area contributed by atoms with Crippen molar-refractivity contribution in [3.05, 3.63) is 36.4 Å². The van der Waals surface area contributed by atoms with Gasteiger partial charge < -0.3 is 14.5 Å². The Morgan fingerprint density at radius 3 is 2.48 bits per heavy atom. The third-order valence-corrected chi connectivity index (χ3v) is 4.86. The fourth-order valence-corrected chi connectivity index (χ4v) is 3.44. The number of rotatable bonds is 3. The van der Waals surface area contributed by atoms with Crippen LogP contribution < -0.4 is 9.80 Å². The molecular weight excluding hydrogens is 323 g/mol. The van der Waals surface area contributed by atoms with Gasteiger partial charge in [-0.3, -0.25) is 0 Å². The van der Waals surface area contributed by atoms with Crippen molar-refractivity contribution in [1.82, 2.24) is 19.9 Å². The van der Waals surface area contributed by atoms with E-state index >= 15 is 0 Å². The number of ether oxygens (including phenoxy) is 1. The van der Waals surface area contributed by atoms with E-state index in [-0.39, 0.29) is 5.82 Å². The molecule has 0 aliphatic carbocycles. The average Bonchev–Trinajstić information content (AvgIpc) is 2.69. The summed E-state index contributed by atoms with van der Waals surface area (Å²) in [5.41, 5.74) is 1.09. The molecule has 2 aliphatic rings. The fraction of sp³-hybridized carbons (Fsp3) is 0.529. The highest BCUT2D eigenvalue weighted by molar-refractivity contribution is 5.45. The first-order chi connectivity index (χ1) is 12.3. The van der Waals surface area contributed by atoms with E-state index in [9.17, 15) is 4.39 Å². The maximum Gasteiger partial charge on any atom is 0.183 e. The van der Waals surface area contributed by atoms with Crippen molar-refractivity contribution in [2.45, 2.75) is 18.8 Å². The second-order valence-corrected chi connectivity index (χ2v) is 6.36. The number of hydrogen-bond acceptors (Lipinski definition) is 7. The van der Waals surface area contributed by atoms with Crippen molar-refractivity contribution in [3.63, 3.8) is 0 Å². The fourth-order valence-electron chi connectivity index (χ4n) is 3.44. The van der Waals surface area contributed by atoms with Crippen molar-refractivity contribution >= 4 is 11.6 Å². The summed E-state index contributed by atoms with van der Waals surface area (Å²) in [5, 5.41) is 0. The molecule has 0 N–H and O–H groups in total. The van der Waals surface area contributed by atoms with Crippen LogP contribution in [0.1, 0.15) is 24.5 Å².